The third-order valence-electron chi connectivity index (χ3n) is 5.05. The first-order valence-electron chi connectivity index (χ1n) is 8.47. The normalized spacial score (nSPS) is 25.7. The van der Waals surface area contributed by atoms with Crippen molar-refractivity contribution < 1.29 is 9.53 Å². The first-order valence-corrected chi connectivity index (χ1v) is 8.47. The molecule has 1 aromatic heterocycles. The molecule has 3 atom stereocenters. The molecule has 2 aromatic rings. The summed E-state index contributed by atoms with van der Waals surface area (Å²) in [6.07, 6.45) is 5.67. The second kappa shape index (κ2) is 6.71. The summed E-state index contributed by atoms with van der Waals surface area (Å²) in [5.74, 6) is -0.694. The number of carbonyl (C=O) groups excluding carboxylic acids is 1. The predicted molar refractivity (Wildman–Crippen MR) is 97.9 cm³/mol. The lowest BCUT2D eigenvalue weighted by atomic mass is 9.68. The van der Waals surface area contributed by atoms with Crippen LogP contribution in [0.1, 0.15) is 36.5 Å². The number of carbonyl (C=O) groups is 1. The molecule has 1 aliphatic heterocycles. The molecule has 0 saturated carbocycles. The molecule has 2 heterocycles. The van der Waals surface area contributed by atoms with E-state index < -0.39 is 11.5 Å². The van der Waals surface area contributed by atoms with Gasteiger partial charge in [-0.3, -0.25) is 9.78 Å². The third kappa shape index (κ3) is 3.16. The summed E-state index contributed by atoms with van der Waals surface area (Å²) < 4.78 is 5.19. The Morgan fingerprint density at radius 1 is 1.20 bits per heavy atom. The minimum atomic E-state index is -0.601. The molecule has 0 bridgehead atoms. The van der Waals surface area contributed by atoms with Gasteiger partial charge in [0.25, 0.3) is 0 Å². The van der Waals surface area contributed by atoms with E-state index in [1.807, 2.05) is 32.2 Å². The number of rotatable bonds is 3. The summed E-state index contributed by atoms with van der Waals surface area (Å²) in [6.45, 7) is 6.14. The molecule has 1 aromatic carbocycles. The molecule has 4 nitrogen and oxygen atoms in total. The van der Waals surface area contributed by atoms with Gasteiger partial charge in [-0.1, -0.05) is 42.0 Å². The number of nitrogens with one attached hydrogen (secondary N) is 1. The van der Waals surface area contributed by atoms with E-state index in [4.69, 9.17) is 4.74 Å². The Labute approximate surface area is 148 Å². The average Bonchev–Trinajstić information content (AvgIpc) is 2.62. The molecule has 130 valence electrons. The second-order valence-corrected chi connectivity index (χ2v) is 6.86. The van der Waals surface area contributed by atoms with Crippen molar-refractivity contribution in [1.29, 1.82) is 0 Å². The fraction of sp³-hybridized carbons (Fsp3) is 0.333. The topological polar surface area (TPSA) is 51.2 Å². The SMILES string of the molecule is COC(=O)C1C(c2ccc(C)cc2)C=C(C)NC1(C)c1cccnc1. The predicted octanol–water partition coefficient (Wildman–Crippen LogP) is 3.69. The number of hydrogen-bond acceptors (Lipinski definition) is 4. The number of hydrogen-bond donors (Lipinski definition) is 1. The van der Waals surface area contributed by atoms with E-state index in [1.165, 1.54) is 12.7 Å². The van der Waals surface area contributed by atoms with Crippen molar-refractivity contribution in [1.82, 2.24) is 10.3 Å². The number of pyridine rings is 1. The molecule has 1 aliphatic rings. The van der Waals surface area contributed by atoms with Gasteiger partial charge in [0.2, 0.25) is 0 Å². The van der Waals surface area contributed by atoms with Gasteiger partial charge >= 0.3 is 5.97 Å². The first kappa shape index (κ1) is 17.2. The van der Waals surface area contributed by atoms with E-state index in [9.17, 15) is 4.79 Å². The largest absolute Gasteiger partial charge is 0.469 e. The second-order valence-electron chi connectivity index (χ2n) is 6.86. The molecular formula is C21H24N2O2. The number of nitrogens with zero attached hydrogens (tertiary/aromatic N) is 1. The van der Waals surface area contributed by atoms with Crippen LogP contribution in [-0.4, -0.2) is 18.1 Å². The molecule has 0 radical (unpaired) electrons. The zero-order chi connectivity index (χ0) is 18.0. The number of ether oxygens (including phenoxy) is 1. The Balaban J connectivity index is 2.15. The van der Waals surface area contributed by atoms with Crippen molar-refractivity contribution in [3.63, 3.8) is 0 Å². The first-order chi connectivity index (χ1) is 12.0. The van der Waals surface area contributed by atoms with Crippen LogP contribution in [0.25, 0.3) is 0 Å². The van der Waals surface area contributed by atoms with Crippen LogP contribution in [-0.2, 0) is 15.1 Å². The van der Waals surface area contributed by atoms with Crippen LogP contribution < -0.4 is 5.32 Å². The van der Waals surface area contributed by atoms with Crippen molar-refractivity contribution in [3.05, 3.63) is 77.3 Å². The van der Waals surface area contributed by atoms with Crippen LogP contribution in [0.5, 0.6) is 0 Å². The lowest BCUT2D eigenvalue weighted by Gasteiger charge is -2.45. The monoisotopic (exact) mass is 336 g/mol. The van der Waals surface area contributed by atoms with Gasteiger partial charge < -0.3 is 10.1 Å². The van der Waals surface area contributed by atoms with Crippen LogP contribution in [0.15, 0.2) is 60.6 Å². The summed E-state index contributed by atoms with van der Waals surface area (Å²) >= 11 is 0. The molecular weight excluding hydrogens is 312 g/mol. The molecule has 0 amide bonds. The Morgan fingerprint density at radius 3 is 2.52 bits per heavy atom. The van der Waals surface area contributed by atoms with Crippen LogP contribution in [0.3, 0.4) is 0 Å². The standard InChI is InChI=1S/C21H24N2O2/c1-14-7-9-16(10-8-14)18-12-15(2)23-21(3,19(18)20(24)25-4)17-6-5-11-22-13-17/h5-13,18-19,23H,1-4H3. The molecule has 3 unspecified atom stereocenters. The fourth-order valence-corrected chi connectivity index (χ4v) is 3.76. The van der Waals surface area contributed by atoms with E-state index in [-0.39, 0.29) is 11.9 Å². The molecule has 25 heavy (non-hydrogen) atoms. The Bertz CT molecular complexity index is 783. The van der Waals surface area contributed by atoms with Gasteiger partial charge in [-0.2, -0.15) is 0 Å². The van der Waals surface area contributed by atoms with Gasteiger partial charge in [-0.05, 0) is 38.0 Å². The highest BCUT2D eigenvalue weighted by Gasteiger charge is 2.48. The quantitative estimate of drug-likeness (QED) is 0.869. The van der Waals surface area contributed by atoms with Crippen molar-refractivity contribution in [2.24, 2.45) is 5.92 Å². The lowest BCUT2D eigenvalue weighted by Crippen LogP contribution is -2.53. The maximum Gasteiger partial charge on any atom is 0.312 e. The zero-order valence-corrected chi connectivity index (χ0v) is 15.1. The number of allylic oxidation sites excluding steroid dienone is 2. The molecule has 0 saturated heterocycles. The minimum Gasteiger partial charge on any atom is -0.469 e. The third-order valence-corrected chi connectivity index (χ3v) is 5.05. The van der Waals surface area contributed by atoms with Gasteiger partial charge in [0.1, 0.15) is 0 Å². The number of aromatic nitrogens is 1. The van der Waals surface area contributed by atoms with Crippen molar-refractivity contribution in [3.8, 4) is 0 Å². The fourth-order valence-electron chi connectivity index (χ4n) is 3.76. The maximum absolute atomic E-state index is 12.8. The number of aryl methyl sites for hydroxylation is 1. The van der Waals surface area contributed by atoms with Crippen LogP contribution in [0, 0.1) is 12.8 Å². The highest BCUT2D eigenvalue weighted by Crippen LogP contribution is 2.44. The van der Waals surface area contributed by atoms with Crippen LogP contribution >= 0.6 is 0 Å². The summed E-state index contributed by atoms with van der Waals surface area (Å²) in [5.41, 5.74) is 3.71. The lowest BCUT2D eigenvalue weighted by molar-refractivity contribution is -0.149. The highest BCUT2D eigenvalue weighted by molar-refractivity contribution is 5.77. The molecule has 0 aliphatic carbocycles. The summed E-state index contributed by atoms with van der Waals surface area (Å²) in [5, 5.41) is 3.51. The molecule has 0 fully saturated rings. The van der Waals surface area contributed by atoms with E-state index in [0.717, 1.165) is 16.8 Å². The Hall–Kier alpha value is -2.62. The van der Waals surface area contributed by atoms with E-state index in [0.29, 0.717) is 0 Å². The van der Waals surface area contributed by atoms with E-state index >= 15 is 0 Å². The zero-order valence-electron chi connectivity index (χ0n) is 15.1. The number of esters is 1. The van der Waals surface area contributed by atoms with Gasteiger partial charge in [-0.25, -0.2) is 0 Å². The van der Waals surface area contributed by atoms with Gasteiger partial charge in [0, 0.05) is 24.0 Å². The molecule has 3 rings (SSSR count). The summed E-state index contributed by atoms with van der Waals surface area (Å²) in [7, 11) is 1.45. The maximum atomic E-state index is 12.8. The van der Waals surface area contributed by atoms with Crippen molar-refractivity contribution >= 4 is 5.97 Å². The van der Waals surface area contributed by atoms with E-state index in [1.54, 1.807) is 6.20 Å². The highest BCUT2D eigenvalue weighted by atomic mass is 16.5. The summed E-state index contributed by atoms with van der Waals surface area (Å²) in [4.78, 5) is 17.0. The molecule has 0 spiro atoms. The smallest absolute Gasteiger partial charge is 0.312 e. The Kier molecular flexibility index (Phi) is 4.62. The van der Waals surface area contributed by atoms with Crippen molar-refractivity contribution in [2.45, 2.75) is 32.2 Å². The van der Waals surface area contributed by atoms with Gasteiger partial charge in [0.15, 0.2) is 0 Å². The average molecular weight is 336 g/mol. The number of methoxy groups -OCH3 is 1. The van der Waals surface area contributed by atoms with Crippen LogP contribution in [0.4, 0.5) is 0 Å². The van der Waals surface area contributed by atoms with Crippen molar-refractivity contribution in [2.75, 3.05) is 7.11 Å². The summed E-state index contributed by atoms with van der Waals surface area (Å²) in [6, 6.07) is 12.2. The van der Waals surface area contributed by atoms with Gasteiger partial charge in [0.05, 0.1) is 18.6 Å². The molecule has 4 heteroatoms. The Morgan fingerprint density at radius 2 is 1.92 bits per heavy atom. The van der Waals surface area contributed by atoms with E-state index in [2.05, 4.69) is 47.6 Å². The van der Waals surface area contributed by atoms with Crippen LogP contribution in [0.2, 0.25) is 0 Å². The van der Waals surface area contributed by atoms with Gasteiger partial charge in [-0.15, -0.1) is 0 Å². The minimum absolute atomic E-state index is 0.0699. The molecule has 1 N–H and O–H groups in total. The number of benzene rings is 1.